The molecule has 0 spiro atoms. The van der Waals surface area contributed by atoms with Crippen molar-refractivity contribution >= 4 is 11.9 Å². The van der Waals surface area contributed by atoms with Crippen molar-refractivity contribution < 1.29 is 27.9 Å². The van der Waals surface area contributed by atoms with Gasteiger partial charge in [0.05, 0.1) is 6.42 Å². The van der Waals surface area contributed by atoms with Crippen LogP contribution in [0.3, 0.4) is 0 Å². The molecule has 0 aromatic rings. The van der Waals surface area contributed by atoms with E-state index in [-0.39, 0.29) is 0 Å². The van der Waals surface area contributed by atoms with Crippen LogP contribution in [-0.2, 0) is 9.59 Å². The molecule has 0 heterocycles. The van der Waals surface area contributed by atoms with E-state index < -0.39 is 29.9 Å². The van der Waals surface area contributed by atoms with Gasteiger partial charge in [0, 0.05) is 7.05 Å². The Morgan fingerprint density at radius 1 is 1.36 bits per heavy atom. The minimum Gasteiger partial charge on any atom is -0.480 e. The van der Waals surface area contributed by atoms with Crippen molar-refractivity contribution in [1.82, 2.24) is 5.32 Å². The second kappa shape index (κ2) is 3.85. The van der Waals surface area contributed by atoms with E-state index >= 15 is 0 Å². The van der Waals surface area contributed by atoms with Crippen LogP contribution < -0.4 is 5.32 Å². The molecule has 0 saturated heterocycles. The Morgan fingerprint density at radius 3 is 2.00 bits per heavy atom. The second-order valence-corrected chi connectivity index (χ2v) is 3.01. The summed E-state index contributed by atoms with van der Waals surface area (Å²) in [4.78, 5) is 21.5. The van der Waals surface area contributed by atoms with Gasteiger partial charge in [-0.1, -0.05) is 0 Å². The predicted molar refractivity (Wildman–Crippen MR) is 40.5 cm³/mol. The predicted octanol–water partition coefficient (Wildman–Crippen LogP) is 0.776. The van der Waals surface area contributed by atoms with Crippen molar-refractivity contribution in [3.8, 4) is 0 Å². The highest BCUT2D eigenvalue weighted by molar-refractivity contribution is 6.01. The van der Waals surface area contributed by atoms with Gasteiger partial charge < -0.3 is 10.4 Å². The fraction of sp³-hybridized carbons (Fsp3) is 0.714. The maximum Gasteiger partial charge on any atom is 0.390 e. The quantitative estimate of drug-likeness (QED) is 0.680. The second-order valence-electron chi connectivity index (χ2n) is 3.01. The Labute approximate surface area is 78.1 Å². The van der Waals surface area contributed by atoms with Crippen molar-refractivity contribution in [2.45, 2.75) is 19.5 Å². The Bertz CT molecular complexity index is 251. The van der Waals surface area contributed by atoms with E-state index in [0.717, 1.165) is 14.0 Å². The van der Waals surface area contributed by atoms with Crippen LogP contribution in [0, 0.1) is 5.41 Å². The molecule has 4 nitrogen and oxygen atoms in total. The van der Waals surface area contributed by atoms with E-state index in [1.54, 1.807) is 0 Å². The summed E-state index contributed by atoms with van der Waals surface area (Å²) in [5.41, 5.74) is -2.47. The molecule has 0 fully saturated rings. The average Bonchev–Trinajstić information content (AvgIpc) is 1.99. The molecule has 0 aliphatic heterocycles. The summed E-state index contributed by atoms with van der Waals surface area (Å²) in [6.45, 7) is 0.738. The van der Waals surface area contributed by atoms with Gasteiger partial charge in [-0.25, -0.2) is 0 Å². The number of aliphatic carboxylic acids is 1. The van der Waals surface area contributed by atoms with Crippen molar-refractivity contribution in [3.63, 3.8) is 0 Å². The van der Waals surface area contributed by atoms with Gasteiger partial charge >= 0.3 is 12.1 Å². The first-order valence-corrected chi connectivity index (χ1v) is 3.66. The van der Waals surface area contributed by atoms with Gasteiger partial charge in [-0.3, -0.25) is 9.59 Å². The number of carboxylic acids is 1. The van der Waals surface area contributed by atoms with Gasteiger partial charge in [-0.15, -0.1) is 0 Å². The molecule has 0 aliphatic rings. The standard InChI is InChI=1S/C7H10F3NO3/c1-6(5(13)14,4(12)11-2)3-7(8,9)10/h3H2,1-2H3,(H,11,12)(H,13,14). The first-order valence-electron chi connectivity index (χ1n) is 3.66. The monoisotopic (exact) mass is 213 g/mol. The molecule has 0 aliphatic carbocycles. The van der Waals surface area contributed by atoms with Crippen molar-refractivity contribution in [2.75, 3.05) is 7.05 Å². The van der Waals surface area contributed by atoms with Crippen LogP contribution in [0.1, 0.15) is 13.3 Å². The van der Waals surface area contributed by atoms with Crippen LogP contribution >= 0.6 is 0 Å². The molecule has 1 unspecified atom stereocenters. The van der Waals surface area contributed by atoms with Crippen molar-refractivity contribution in [3.05, 3.63) is 0 Å². The molecule has 0 aromatic heterocycles. The fourth-order valence-corrected chi connectivity index (χ4v) is 0.930. The number of hydrogen-bond acceptors (Lipinski definition) is 2. The summed E-state index contributed by atoms with van der Waals surface area (Å²) < 4.78 is 35.9. The molecule has 0 bridgehead atoms. The van der Waals surface area contributed by atoms with Crippen molar-refractivity contribution in [2.24, 2.45) is 5.41 Å². The summed E-state index contributed by atoms with van der Waals surface area (Å²) in [6, 6.07) is 0. The minimum atomic E-state index is -4.69. The van der Waals surface area contributed by atoms with E-state index in [1.165, 1.54) is 0 Å². The lowest BCUT2D eigenvalue weighted by atomic mass is 9.85. The van der Waals surface area contributed by atoms with Crippen LogP contribution in [0.25, 0.3) is 0 Å². The topological polar surface area (TPSA) is 66.4 Å². The number of alkyl halides is 3. The number of carboxylic acid groups (broad SMARTS) is 1. The highest BCUT2D eigenvalue weighted by Gasteiger charge is 2.49. The summed E-state index contributed by atoms with van der Waals surface area (Å²) in [5.74, 6) is -2.96. The molecule has 82 valence electrons. The lowest BCUT2D eigenvalue weighted by Gasteiger charge is -2.23. The molecule has 1 atom stereocenters. The number of hydrogen-bond donors (Lipinski definition) is 2. The minimum absolute atomic E-state index is 0.738. The number of nitrogens with one attached hydrogen (secondary N) is 1. The molecule has 14 heavy (non-hydrogen) atoms. The number of carbonyl (C=O) groups is 2. The smallest absolute Gasteiger partial charge is 0.390 e. The van der Waals surface area contributed by atoms with Crippen molar-refractivity contribution in [1.29, 1.82) is 0 Å². The first-order chi connectivity index (χ1) is 6.13. The Balaban J connectivity index is 4.93. The molecule has 0 radical (unpaired) electrons. The van der Waals surface area contributed by atoms with Gasteiger partial charge in [0.15, 0.2) is 5.41 Å². The average molecular weight is 213 g/mol. The zero-order valence-corrected chi connectivity index (χ0v) is 7.60. The Hall–Kier alpha value is -1.27. The van der Waals surface area contributed by atoms with Gasteiger partial charge in [-0.05, 0) is 6.92 Å². The molecule has 0 saturated carbocycles. The normalized spacial score (nSPS) is 15.8. The van der Waals surface area contributed by atoms with E-state index in [4.69, 9.17) is 5.11 Å². The lowest BCUT2D eigenvalue weighted by molar-refractivity contribution is -0.181. The molecule has 1 amide bonds. The van der Waals surface area contributed by atoms with E-state index in [9.17, 15) is 22.8 Å². The number of halogens is 3. The maximum atomic E-state index is 12.0. The molecular formula is C7H10F3NO3. The van der Waals surface area contributed by atoms with Crippen LogP contribution in [0.15, 0.2) is 0 Å². The van der Waals surface area contributed by atoms with E-state index in [0.29, 0.717) is 0 Å². The van der Waals surface area contributed by atoms with Crippen LogP contribution in [0.4, 0.5) is 13.2 Å². The third-order valence-electron chi connectivity index (χ3n) is 1.75. The first kappa shape index (κ1) is 12.7. The number of carbonyl (C=O) groups excluding carboxylic acids is 1. The van der Waals surface area contributed by atoms with E-state index in [1.807, 2.05) is 5.32 Å². The van der Waals surface area contributed by atoms with Gasteiger partial charge in [0.2, 0.25) is 5.91 Å². The summed E-state index contributed by atoms with van der Waals surface area (Å²) in [6.07, 6.45) is -6.38. The van der Waals surface area contributed by atoms with Gasteiger partial charge in [-0.2, -0.15) is 13.2 Å². The maximum absolute atomic E-state index is 12.0. The molecule has 7 heteroatoms. The van der Waals surface area contributed by atoms with Crippen LogP contribution in [-0.4, -0.2) is 30.2 Å². The lowest BCUT2D eigenvalue weighted by Crippen LogP contribution is -2.45. The van der Waals surface area contributed by atoms with Crippen LogP contribution in [0.2, 0.25) is 0 Å². The Morgan fingerprint density at radius 2 is 1.79 bits per heavy atom. The highest BCUT2D eigenvalue weighted by Crippen LogP contribution is 2.33. The zero-order chi connectivity index (χ0) is 11.6. The molecular weight excluding hydrogens is 203 g/mol. The summed E-state index contributed by atoms with van der Waals surface area (Å²) in [5, 5.41) is 10.4. The van der Waals surface area contributed by atoms with Crippen LogP contribution in [0.5, 0.6) is 0 Å². The zero-order valence-electron chi connectivity index (χ0n) is 7.60. The largest absolute Gasteiger partial charge is 0.480 e. The third kappa shape index (κ3) is 2.90. The summed E-state index contributed by atoms with van der Waals surface area (Å²) >= 11 is 0. The Kier molecular flexibility index (Phi) is 3.50. The molecule has 2 N–H and O–H groups in total. The molecule has 0 rings (SSSR count). The van der Waals surface area contributed by atoms with E-state index in [2.05, 4.69) is 0 Å². The number of rotatable bonds is 3. The summed E-state index contributed by atoms with van der Waals surface area (Å²) in [7, 11) is 1.08. The van der Waals surface area contributed by atoms with Gasteiger partial charge in [0.1, 0.15) is 0 Å². The van der Waals surface area contributed by atoms with Gasteiger partial charge in [0.25, 0.3) is 0 Å². The fourth-order valence-electron chi connectivity index (χ4n) is 0.930. The SMILES string of the molecule is CNC(=O)C(C)(CC(F)(F)F)C(=O)O. The number of amides is 1. The third-order valence-corrected chi connectivity index (χ3v) is 1.75. The molecule has 0 aromatic carbocycles. The highest BCUT2D eigenvalue weighted by atomic mass is 19.4.